The summed E-state index contributed by atoms with van der Waals surface area (Å²) < 4.78 is 0. The van der Waals surface area contributed by atoms with Gasteiger partial charge in [-0.3, -0.25) is 0 Å². The van der Waals surface area contributed by atoms with Gasteiger partial charge in [-0.05, 0) is 108 Å². The number of fused-ring (bicyclic) bond motifs is 6. The van der Waals surface area contributed by atoms with E-state index in [-0.39, 0.29) is 0 Å². The van der Waals surface area contributed by atoms with E-state index in [9.17, 15) is 0 Å². The third kappa shape index (κ3) is 4.81. The summed E-state index contributed by atoms with van der Waals surface area (Å²) in [7, 11) is 0. The van der Waals surface area contributed by atoms with Gasteiger partial charge in [-0.25, -0.2) is 0 Å². The molecule has 0 aliphatic carbocycles. The van der Waals surface area contributed by atoms with E-state index < -0.39 is 0 Å². The number of benzene rings is 9. The minimum Gasteiger partial charge on any atom is -0.311 e. The number of rotatable bonds is 5. The maximum Gasteiger partial charge on any atom is 0.0462 e. The molecule has 0 heterocycles. The Morgan fingerprint density at radius 3 is 1.49 bits per heavy atom. The van der Waals surface area contributed by atoms with Crippen molar-refractivity contribution in [1.82, 2.24) is 0 Å². The molecule has 0 saturated heterocycles. The highest BCUT2D eigenvalue weighted by atomic mass is 15.1. The van der Waals surface area contributed by atoms with Crippen LogP contribution in [0.25, 0.3) is 65.3 Å². The molecule has 0 aliphatic heterocycles. The van der Waals surface area contributed by atoms with Gasteiger partial charge in [0.1, 0.15) is 0 Å². The van der Waals surface area contributed by atoms with Crippen LogP contribution >= 0.6 is 0 Å². The first-order valence-electron chi connectivity index (χ1n) is 16.2. The molecule has 9 aromatic carbocycles. The molecule has 0 amide bonds. The Balaban J connectivity index is 1.11. The zero-order chi connectivity index (χ0) is 31.2. The van der Waals surface area contributed by atoms with Crippen LogP contribution in [0.3, 0.4) is 0 Å². The summed E-state index contributed by atoms with van der Waals surface area (Å²) in [5, 5.41) is 10.2. The van der Waals surface area contributed by atoms with Crippen LogP contribution < -0.4 is 4.90 Å². The molecule has 0 fully saturated rings. The van der Waals surface area contributed by atoms with E-state index in [1.54, 1.807) is 0 Å². The summed E-state index contributed by atoms with van der Waals surface area (Å²) in [6, 6.07) is 68.2. The summed E-state index contributed by atoms with van der Waals surface area (Å²) in [6.45, 7) is 0. The smallest absolute Gasteiger partial charge is 0.0462 e. The van der Waals surface area contributed by atoms with Crippen molar-refractivity contribution in [3.05, 3.63) is 188 Å². The fourth-order valence-corrected chi connectivity index (χ4v) is 7.10. The fourth-order valence-electron chi connectivity index (χ4n) is 7.10. The third-order valence-electron chi connectivity index (χ3n) is 9.43. The van der Waals surface area contributed by atoms with Gasteiger partial charge >= 0.3 is 0 Å². The van der Waals surface area contributed by atoms with Crippen molar-refractivity contribution >= 4 is 60.2 Å². The van der Waals surface area contributed by atoms with E-state index in [4.69, 9.17) is 0 Å². The second-order valence-corrected chi connectivity index (χ2v) is 12.2. The van der Waals surface area contributed by atoms with E-state index >= 15 is 0 Å². The number of nitrogens with zero attached hydrogens (tertiary/aromatic N) is 1. The standard InChI is InChI=1S/C46H31N/c1-2-12-39(13-3-1)47(41-29-25-35(26-30-41)43-16-8-11-33-9-4-6-14-42(33)43)40-27-23-32(24-28-40)38-22-19-36-18-21-37-20-17-34-10-5-7-15-44(34)46(37)45(36)31-38/h1-31H. The Morgan fingerprint density at radius 1 is 0.277 bits per heavy atom. The van der Waals surface area contributed by atoms with Gasteiger partial charge in [0.05, 0.1) is 0 Å². The first-order valence-corrected chi connectivity index (χ1v) is 16.2. The van der Waals surface area contributed by atoms with Crippen LogP contribution in [0.15, 0.2) is 188 Å². The molecule has 0 aromatic heterocycles. The molecule has 0 radical (unpaired) electrons. The third-order valence-corrected chi connectivity index (χ3v) is 9.43. The molecule has 0 aliphatic rings. The molecule has 0 unspecified atom stereocenters. The van der Waals surface area contributed by atoms with E-state index in [0.29, 0.717) is 0 Å². The second-order valence-electron chi connectivity index (χ2n) is 12.2. The van der Waals surface area contributed by atoms with Gasteiger partial charge in [-0.15, -0.1) is 0 Å². The second kappa shape index (κ2) is 11.3. The number of hydrogen-bond acceptors (Lipinski definition) is 1. The van der Waals surface area contributed by atoms with Gasteiger partial charge in [-0.2, -0.15) is 0 Å². The summed E-state index contributed by atoms with van der Waals surface area (Å²) in [6.07, 6.45) is 0. The molecule has 0 saturated carbocycles. The topological polar surface area (TPSA) is 3.24 Å². The molecular weight excluding hydrogens is 567 g/mol. The molecule has 0 N–H and O–H groups in total. The van der Waals surface area contributed by atoms with Gasteiger partial charge in [0, 0.05) is 17.1 Å². The fraction of sp³-hybridized carbons (Fsp3) is 0. The van der Waals surface area contributed by atoms with E-state index in [1.165, 1.54) is 65.3 Å². The Labute approximate surface area is 274 Å². The van der Waals surface area contributed by atoms with Gasteiger partial charge in [-0.1, -0.05) is 146 Å². The average molecular weight is 598 g/mol. The van der Waals surface area contributed by atoms with Crippen LogP contribution in [0, 0.1) is 0 Å². The molecule has 1 heteroatoms. The van der Waals surface area contributed by atoms with Crippen molar-refractivity contribution in [2.75, 3.05) is 4.90 Å². The largest absolute Gasteiger partial charge is 0.311 e. The maximum absolute atomic E-state index is 2.36. The predicted molar refractivity (Wildman–Crippen MR) is 202 cm³/mol. The van der Waals surface area contributed by atoms with Crippen LogP contribution in [-0.4, -0.2) is 0 Å². The first kappa shape index (κ1) is 27.2. The Morgan fingerprint density at radius 2 is 0.766 bits per heavy atom. The van der Waals surface area contributed by atoms with Gasteiger partial charge in [0.2, 0.25) is 0 Å². The van der Waals surface area contributed by atoms with Gasteiger partial charge in [0.15, 0.2) is 0 Å². The Hall–Kier alpha value is -6.18. The number of para-hydroxylation sites is 1. The highest BCUT2D eigenvalue weighted by Gasteiger charge is 2.14. The van der Waals surface area contributed by atoms with Crippen molar-refractivity contribution in [2.24, 2.45) is 0 Å². The summed E-state index contributed by atoms with van der Waals surface area (Å²) in [5.41, 5.74) is 8.25. The molecule has 220 valence electrons. The quantitative estimate of drug-likeness (QED) is 0.178. The van der Waals surface area contributed by atoms with Crippen molar-refractivity contribution in [3.63, 3.8) is 0 Å². The summed E-state index contributed by atoms with van der Waals surface area (Å²) >= 11 is 0. The lowest BCUT2D eigenvalue weighted by molar-refractivity contribution is 1.28. The van der Waals surface area contributed by atoms with Crippen LogP contribution in [0.1, 0.15) is 0 Å². The molecule has 0 bridgehead atoms. The molecule has 0 atom stereocenters. The highest BCUT2D eigenvalue weighted by Crippen LogP contribution is 2.39. The number of hydrogen-bond donors (Lipinski definition) is 0. The lowest BCUT2D eigenvalue weighted by atomic mass is 9.94. The predicted octanol–water partition coefficient (Wildman–Crippen LogP) is 13.1. The Bertz CT molecular complexity index is 2540. The highest BCUT2D eigenvalue weighted by molar-refractivity contribution is 6.20. The number of anilines is 3. The zero-order valence-electron chi connectivity index (χ0n) is 25.8. The average Bonchev–Trinajstić information content (AvgIpc) is 3.15. The van der Waals surface area contributed by atoms with Crippen molar-refractivity contribution in [2.45, 2.75) is 0 Å². The zero-order valence-corrected chi connectivity index (χ0v) is 25.8. The normalized spacial score (nSPS) is 11.4. The van der Waals surface area contributed by atoms with E-state index in [0.717, 1.165) is 17.1 Å². The van der Waals surface area contributed by atoms with Crippen molar-refractivity contribution in [3.8, 4) is 22.3 Å². The molecule has 9 rings (SSSR count). The molecule has 1 nitrogen and oxygen atoms in total. The van der Waals surface area contributed by atoms with Crippen LogP contribution in [0.5, 0.6) is 0 Å². The summed E-state index contributed by atoms with van der Waals surface area (Å²) in [4.78, 5) is 2.33. The lowest BCUT2D eigenvalue weighted by Gasteiger charge is -2.26. The van der Waals surface area contributed by atoms with E-state index in [2.05, 4.69) is 193 Å². The minimum absolute atomic E-state index is 1.12. The van der Waals surface area contributed by atoms with Crippen LogP contribution in [-0.2, 0) is 0 Å². The first-order chi connectivity index (χ1) is 23.3. The molecular formula is C46H31N. The van der Waals surface area contributed by atoms with E-state index in [1.807, 2.05) is 0 Å². The maximum atomic E-state index is 2.36. The van der Waals surface area contributed by atoms with Gasteiger partial charge in [0.25, 0.3) is 0 Å². The monoisotopic (exact) mass is 597 g/mol. The van der Waals surface area contributed by atoms with Gasteiger partial charge < -0.3 is 4.90 Å². The van der Waals surface area contributed by atoms with Crippen molar-refractivity contribution in [1.29, 1.82) is 0 Å². The molecule has 47 heavy (non-hydrogen) atoms. The molecule has 9 aromatic rings. The lowest BCUT2D eigenvalue weighted by Crippen LogP contribution is -2.09. The van der Waals surface area contributed by atoms with Crippen molar-refractivity contribution < 1.29 is 0 Å². The SMILES string of the molecule is c1ccc(N(c2ccc(-c3ccc4ccc5ccc6ccccc6c5c4c3)cc2)c2ccc(-c3cccc4ccccc34)cc2)cc1. The Kier molecular flexibility index (Phi) is 6.54. The summed E-state index contributed by atoms with van der Waals surface area (Å²) in [5.74, 6) is 0. The van der Waals surface area contributed by atoms with Crippen LogP contribution in [0.4, 0.5) is 17.1 Å². The minimum atomic E-state index is 1.12. The molecule has 0 spiro atoms. The van der Waals surface area contributed by atoms with Crippen LogP contribution in [0.2, 0.25) is 0 Å².